The summed E-state index contributed by atoms with van der Waals surface area (Å²) in [6.45, 7) is 3.01. The number of hydrogen-bond donors (Lipinski definition) is 1. The molecule has 0 saturated heterocycles. The number of aryl methyl sites for hydroxylation is 1. The normalized spacial score (nSPS) is 10.5. The Morgan fingerprint density at radius 2 is 1.89 bits per heavy atom. The second-order valence-electron chi connectivity index (χ2n) is 4.79. The molecule has 2 N–H and O–H groups in total. The Morgan fingerprint density at radius 1 is 1.16 bits per heavy atom. The highest BCUT2D eigenvalue weighted by atomic mass is 19.1. The molecule has 3 heteroatoms. The molecule has 0 unspecified atom stereocenters. The number of rotatable bonds is 4. The molecule has 0 aliphatic heterocycles. The van der Waals surface area contributed by atoms with E-state index >= 15 is 0 Å². The van der Waals surface area contributed by atoms with Gasteiger partial charge in [0.25, 0.3) is 0 Å². The summed E-state index contributed by atoms with van der Waals surface area (Å²) in [5.74, 6) is -0.240. The average molecular weight is 258 g/mol. The van der Waals surface area contributed by atoms with Crippen LogP contribution in [0.25, 0.3) is 0 Å². The van der Waals surface area contributed by atoms with Crippen LogP contribution >= 0.6 is 0 Å². The van der Waals surface area contributed by atoms with Crippen LogP contribution in [0.15, 0.2) is 42.5 Å². The van der Waals surface area contributed by atoms with Crippen molar-refractivity contribution >= 4 is 5.69 Å². The number of nitrogens with two attached hydrogens (primary N) is 1. The Balaban J connectivity index is 2.25. The summed E-state index contributed by atoms with van der Waals surface area (Å²) in [7, 11) is 1.95. The standard InChI is InChI=1S/C16H19FN2/c1-12-5-3-6-13(9-12)11-19(2)16-8-4-7-15(17)14(16)10-18/h3-9H,10-11,18H2,1-2H3. The molecule has 0 radical (unpaired) electrons. The fourth-order valence-electron chi connectivity index (χ4n) is 2.28. The van der Waals surface area contributed by atoms with E-state index < -0.39 is 0 Å². The van der Waals surface area contributed by atoms with Gasteiger partial charge in [0.15, 0.2) is 0 Å². The maximum Gasteiger partial charge on any atom is 0.129 e. The van der Waals surface area contributed by atoms with E-state index in [4.69, 9.17) is 5.73 Å². The molecule has 0 fully saturated rings. The molecule has 0 aliphatic carbocycles. The Morgan fingerprint density at radius 3 is 2.58 bits per heavy atom. The molecule has 0 aliphatic rings. The summed E-state index contributed by atoms with van der Waals surface area (Å²) in [5.41, 5.74) is 9.49. The Kier molecular flexibility index (Phi) is 4.17. The zero-order valence-corrected chi connectivity index (χ0v) is 11.4. The summed E-state index contributed by atoms with van der Waals surface area (Å²) >= 11 is 0. The number of halogens is 1. The van der Waals surface area contributed by atoms with Crippen LogP contribution in [0.4, 0.5) is 10.1 Å². The van der Waals surface area contributed by atoms with E-state index in [2.05, 4.69) is 25.1 Å². The molecular formula is C16H19FN2. The molecule has 0 spiro atoms. The monoisotopic (exact) mass is 258 g/mol. The number of benzene rings is 2. The lowest BCUT2D eigenvalue weighted by Gasteiger charge is -2.22. The van der Waals surface area contributed by atoms with Gasteiger partial charge in [-0.1, -0.05) is 35.9 Å². The van der Waals surface area contributed by atoms with Gasteiger partial charge >= 0.3 is 0 Å². The maximum atomic E-state index is 13.7. The molecule has 0 bridgehead atoms. The zero-order chi connectivity index (χ0) is 13.8. The smallest absolute Gasteiger partial charge is 0.129 e. The molecule has 0 atom stereocenters. The van der Waals surface area contributed by atoms with Crippen molar-refractivity contribution in [1.82, 2.24) is 0 Å². The first-order chi connectivity index (χ1) is 9.11. The molecular weight excluding hydrogens is 239 g/mol. The van der Waals surface area contributed by atoms with E-state index in [0.717, 1.165) is 12.2 Å². The van der Waals surface area contributed by atoms with E-state index in [9.17, 15) is 4.39 Å². The molecule has 19 heavy (non-hydrogen) atoms. The topological polar surface area (TPSA) is 29.3 Å². The first-order valence-corrected chi connectivity index (χ1v) is 6.36. The van der Waals surface area contributed by atoms with Crippen molar-refractivity contribution in [2.45, 2.75) is 20.0 Å². The summed E-state index contributed by atoms with van der Waals surface area (Å²) in [6, 6.07) is 13.4. The molecule has 0 aromatic heterocycles. The van der Waals surface area contributed by atoms with Crippen LogP contribution in [0.1, 0.15) is 16.7 Å². The lowest BCUT2D eigenvalue weighted by Crippen LogP contribution is -2.19. The summed E-state index contributed by atoms with van der Waals surface area (Å²) in [5, 5.41) is 0. The highest BCUT2D eigenvalue weighted by molar-refractivity contribution is 5.54. The minimum atomic E-state index is -0.240. The molecule has 2 rings (SSSR count). The van der Waals surface area contributed by atoms with Gasteiger partial charge in [0.2, 0.25) is 0 Å². The van der Waals surface area contributed by atoms with Crippen molar-refractivity contribution in [3.8, 4) is 0 Å². The van der Waals surface area contributed by atoms with Crippen molar-refractivity contribution in [3.05, 3.63) is 65.0 Å². The molecule has 0 heterocycles. The second-order valence-corrected chi connectivity index (χ2v) is 4.79. The number of nitrogens with zero attached hydrogens (tertiary/aromatic N) is 1. The van der Waals surface area contributed by atoms with Crippen LogP contribution in [0.5, 0.6) is 0 Å². The van der Waals surface area contributed by atoms with Gasteiger partial charge in [0, 0.05) is 31.4 Å². The molecule has 2 aromatic rings. The fourth-order valence-corrected chi connectivity index (χ4v) is 2.28. The predicted octanol–water partition coefficient (Wildman–Crippen LogP) is 3.23. The van der Waals surface area contributed by atoms with E-state index in [1.165, 1.54) is 17.2 Å². The van der Waals surface area contributed by atoms with Crippen molar-refractivity contribution in [2.75, 3.05) is 11.9 Å². The minimum Gasteiger partial charge on any atom is -0.370 e. The van der Waals surface area contributed by atoms with Crippen molar-refractivity contribution in [3.63, 3.8) is 0 Å². The number of anilines is 1. The second kappa shape index (κ2) is 5.85. The first kappa shape index (κ1) is 13.6. The summed E-state index contributed by atoms with van der Waals surface area (Å²) < 4.78 is 13.7. The highest BCUT2D eigenvalue weighted by Crippen LogP contribution is 2.23. The maximum absolute atomic E-state index is 13.7. The van der Waals surface area contributed by atoms with Crippen LogP contribution in [0.2, 0.25) is 0 Å². The zero-order valence-electron chi connectivity index (χ0n) is 11.4. The van der Waals surface area contributed by atoms with Crippen LogP contribution in [-0.2, 0) is 13.1 Å². The minimum absolute atomic E-state index is 0.208. The summed E-state index contributed by atoms with van der Waals surface area (Å²) in [6.07, 6.45) is 0. The lowest BCUT2D eigenvalue weighted by atomic mass is 10.1. The SMILES string of the molecule is Cc1cccc(CN(C)c2cccc(F)c2CN)c1. The largest absolute Gasteiger partial charge is 0.370 e. The van der Waals surface area contributed by atoms with Gasteiger partial charge in [0.05, 0.1) is 0 Å². The van der Waals surface area contributed by atoms with Gasteiger partial charge < -0.3 is 10.6 Å². The van der Waals surface area contributed by atoms with Crippen molar-refractivity contribution < 1.29 is 4.39 Å². The quantitative estimate of drug-likeness (QED) is 0.912. The van der Waals surface area contributed by atoms with Gasteiger partial charge in [-0.3, -0.25) is 0 Å². The Labute approximate surface area is 113 Å². The van der Waals surface area contributed by atoms with Crippen molar-refractivity contribution in [1.29, 1.82) is 0 Å². The average Bonchev–Trinajstić information content (AvgIpc) is 2.38. The van der Waals surface area contributed by atoms with Gasteiger partial charge in [-0.15, -0.1) is 0 Å². The van der Waals surface area contributed by atoms with Crippen LogP contribution < -0.4 is 10.6 Å². The third-order valence-electron chi connectivity index (χ3n) is 3.21. The highest BCUT2D eigenvalue weighted by Gasteiger charge is 2.10. The van der Waals surface area contributed by atoms with E-state index in [0.29, 0.717) is 5.56 Å². The predicted molar refractivity (Wildman–Crippen MR) is 77.6 cm³/mol. The van der Waals surface area contributed by atoms with Gasteiger partial charge in [-0.25, -0.2) is 4.39 Å². The van der Waals surface area contributed by atoms with Crippen LogP contribution in [0, 0.1) is 12.7 Å². The molecule has 2 aromatic carbocycles. The van der Waals surface area contributed by atoms with Gasteiger partial charge in [-0.2, -0.15) is 0 Å². The third kappa shape index (κ3) is 3.12. The first-order valence-electron chi connectivity index (χ1n) is 6.36. The van der Waals surface area contributed by atoms with E-state index in [1.54, 1.807) is 6.07 Å². The van der Waals surface area contributed by atoms with Gasteiger partial charge in [-0.05, 0) is 24.6 Å². The third-order valence-corrected chi connectivity index (χ3v) is 3.21. The Bertz CT molecular complexity index is 566. The summed E-state index contributed by atoms with van der Waals surface area (Å²) in [4.78, 5) is 2.03. The fraction of sp³-hybridized carbons (Fsp3) is 0.250. The molecule has 0 amide bonds. The Hall–Kier alpha value is -1.87. The van der Waals surface area contributed by atoms with Gasteiger partial charge in [0.1, 0.15) is 5.82 Å². The van der Waals surface area contributed by atoms with Crippen LogP contribution in [0.3, 0.4) is 0 Å². The molecule has 100 valence electrons. The number of hydrogen-bond acceptors (Lipinski definition) is 2. The van der Waals surface area contributed by atoms with E-state index in [1.807, 2.05) is 24.1 Å². The molecule has 2 nitrogen and oxygen atoms in total. The van der Waals surface area contributed by atoms with Crippen LogP contribution in [-0.4, -0.2) is 7.05 Å². The van der Waals surface area contributed by atoms with E-state index in [-0.39, 0.29) is 12.4 Å². The van der Waals surface area contributed by atoms with Crippen molar-refractivity contribution in [2.24, 2.45) is 5.73 Å². The lowest BCUT2D eigenvalue weighted by molar-refractivity contribution is 0.609. The molecule has 0 saturated carbocycles.